The van der Waals surface area contributed by atoms with Crippen molar-refractivity contribution in [2.24, 2.45) is 0 Å². The molecule has 0 aliphatic carbocycles. The highest BCUT2D eigenvalue weighted by molar-refractivity contribution is 6.24. The molecule has 0 radical (unpaired) electrons. The van der Waals surface area contributed by atoms with E-state index in [9.17, 15) is 19.2 Å². The van der Waals surface area contributed by atoms with Crippen molar-refractivity contribution in [3.05, 3.63) is 47.3 Å². The number of nitrogens with zero attached hydrogens (tertiary/aromatic N) is 3. The number of imide groups is 2. The molecule has 2 saturated heterocycles. The van der Waals surface area contributed by atoms with Gasteiger partial charge in [0.25, 0.3) is 11.8 Å². The lowest BCUT2D eigenvalue weighted by molar-refractivity contribution is -0.136. The number of hydrogen-bond donors (Lipinski definition) is 3. The number of imidazole rings is 1. The summed E-state index contributed by atoms with van der Waals surface area (Å²) >= 11 is 0. The molecule has 1 atom stereocenters. The van der Waals surface area contributed by atoms with E-state index < -0.39 is 29.7 Å². The Hall–Kier alpha value is -3.53. The second-order valence-electron chi connectivity index (χ2n) is 7.61. The fourth-order valence-corrected chi connectivity index (χ4v) is 4.12. The topological polar surface area (TPSA) is 125 Å². The summed E-state index contributed by atoms with van der Waals surface area (Å²) in [5, 5.41) is 8.68. The molecule has 3 aliphatic rings. The fourth-order valence-electron chi connectivity index (χ4n) is 4.12. The number of benzene rings is 1. The molecule has 3 aliphatic heterocycles. The summed E-state index contributed by atoms with van der Waals surface area (Å²) < 4.78 is 2.04. The van der Waals surface area contributed by atoms with Gasteiger partial charge in [0.2, 0.25) is 17.8 Å². The van der Waals surface area contributed by atoms with E-state index in [4.69, 9.17) is 0 Å². The number of carbonyl (C=O) groups excluding carboxylic acids is 4. The van der Waals surface area contributed by atoms with Crippen LogP contribution in [0.3, 0.4) is 0 Å². The van der Waals surface area contributed by atoms with Crippen molar-refractivity contribution in [2.45, 2.75) is 31.5 Å². The average molecular weight is 408 g/mol. The van der Waals surface area contributed by atoms with Gasteiger partial charge in [0.05, 0.1) is 17.2 Å². The van der Waals surface area contributed by atoms with Crippen LogP contribution < -0.4 is 16.0 Å². The third-order valence-electron chi connectivity index (χ3n) is 5.81. The number of anilines is 1. The molecule has 3 N–H and O–H groups in total. The summed E-state index contributed by atoms with van der Waals surface area (Å²) in [6, 6.07) is 4.45. The van der Waals surface area contributed by atoms with Gasteiger partial charge in [-0.15, -0.1) is 0 Å². The molecule has 10 nitrogen and oxygen atoms in total. The highest BCUT2D eigenvalue weighted by Gasteiger charge is 2.45. The van der Waals surface area contributed by atoms with E-state index in [-0.39, 0.29) is 18.4 Å². The van der Waals surface area contributed by atoms with Gasteiger partial charge in [-0.1, -0.05) is 12.1 Å². The SMILES string of the molecule is O=C1CCC(N2C(=O)c3cccc(CNc4nccn4C4CNC4)c3C2=O)C(=O)N1. The van der Waals surface area contributed by atoms with E-state index in [0.717, 1.165) is 18.0 Å². The summed E-state index contributed by atoms with van der Waals surface area (Å²) in [7, 11) is 0. The molecule has 1 aromatic carbocycles. The maximum atomic E-state index is 13.1. The Kier molecular flexibility index (Phi) is 4.35. The van der Waals surface area contributed by atoms with Crippen LogP contribution >= 0.6 is 0 Å². The van der Waals surface area contributed by atoms with Gasteiger partial charge in [-0.05, 0) is 18.1 Å². The molecule has 154 valence electrons. The first-order chi connectivity index (χ1) is 14.5. The van der Waals surface area contributed by atoms with Gasteiger partial charge in [-0.3, -0.25) is 29.4 Å². The van der Waals surface area contributed by atoms with Crippen LogP contribution in [-0.4, -0.2) is 57.2 Å². The Balaban J connectivity index is 1.39. The molecule has 4 heterocycles. The van der Waals surface area contributed by atoms with Crippen molar-refractivity contribution in [1.29, 1.82) is 0 Å². The van der Waals surface area contributed by atoms with Crippen molar-refractivity contribution < 1.29 is 19.2 Å². The summed E-state index contributed by atoms with van der Waals surface area (Å²) in [6.07, 6.45) is 3.85. The zero-order chi connectivity index (χ0) is 20.8. The first kappa shape index (κ1) is 18.5. The van der Waals surface area contributed by atoms with Gasteiger partial charge in [-0.2, -0.15) is 0 Å². The summed E-state index contributed by atoms with van der Waals surface area (Å²) in [4.78, 5) is 55.0. The summed E-state index contributed by atoms with van der Waals surface area (Å²) in [5.74, 6) is -1.33. The number of rotatable bonds is 5. The molecule has 10 heteroatoms. The molecule has 0 bridgehead atoms. The van der Waals surface area contributed by atoms with Crippen LogP contribution in [0.4, 0.5) is 5.95 Å². The number of nitrogens with one attached hydrogen (secondary N) is 3. The zero-order valence-corrected chi connectivity index (χ0v) is 16.1. The first-order valence-electron chi connectivity index (χ1n) is 9.85. The van der Waals surface area contributed by atoms with Gasteiger partial charge in [0, 0.05) is 38.4 Å². The van der Waals surface area contributed by atoms with E-state index >= 15 is 0 Å². The largest absolute Gasteiger partial charge is 0.352 e. The van der Waals surface area contributed by atoms with Crippen LogP contribution in [0.5, 0.6) is 0 Å². The number of hydrogen-bond acceptors (Lipinski definition) is 7. The highest BCUT2D eigenvalue weighted by Crippen LogP contribution is 2.30. The third-order valence-corrected chi connectivity index (χ3v) is 5.81. The summed E-state index contributed by atoms with van der Waals surface area (Å²) in [5.41, 5.74) is 1.22. The molecule has 0 spiro atoms. The van der Waals surface area contributed by atoms with Crippen molar-refractivity contribution in [1.82, 2.24) is 25.1 Å². The van der Waals surface area contributed by atoms with Gasteiger partial charge in [0.1, 0.15) is 6.04 Å². The Morgan fingerprint density at radius 3 is 2.70 bits per heavy atom. The third kappa shape index (κ3) is 2.88. The van der Waals surface area contributed by atoms with Crippen LogP contribution in [0, 0.1) is 0 Å². The van der Waals surface area contributed by atoms with E-state index in [1.165, 1.54) is 0 Å². The Bertz CT molecular complexity index is 1070. The van der Waals surface area contributed by atoms with E-state index in [0.29, 0.717) is 29.7 Å². The lowest BCUT2D eigenvalue weighted by Crippen LogP contribution is -2.54. The van der Waals surface area contributed by atoms with Crippen molar-refractivity contribution in [3.8, 4) is 0 Å². The number of carbonyl (C=O) groups is 4. The minimum atomic E-state index is -0.971. The quantitative estimate of drug-likeness (QED) is 0.597. The van der Waals surface area contributed by atoms with Crippen LogP contribution in [0.2, 0.25) is 0 Å². The van der Waals surface area contributed by atoms with E-state index in [2.05, 4.69) is 20.9 Å². The van der Waals surface area contributed by atoms with E-state index in [1.807, 2.05) is 10.8 Å². The Morgan fingerprint density at radius 2 is 1.97 bits per heavy atom. The molecule has 1 unspecified atom stereocenters. The molecule has 30 heavy (non-hydrogen) atoms. The van der Waals surface area contributed by atoms with Crippen molar-refractivity contribution in [3.63, 3.8) is 0 Å². The first-order valence-corrected chi connectivity index (χ1v) is 9.85. The molecule has 5 rings (SSSR count). The van der Waals surface area contributed by atoms with Gasteiger partial charge in [-0.25, -0.2) is 4.98 Å². The number of fused-ring (bicyclic) bond motifs is 1. The van der Waals surface area contributed by atoms with Crippen molar-refractivity contribution >= 4 is 29.6 Å². The lowest BCUT2D eigenvalue weighted by atomic mass is 10.0. The van der Waals surface area contributed by atoms with Gasteiger partial charge in [0.15, 0.2) is 0 Å². The highest BCUT2D eigenvalue weighted by atomic mass is 16.2. The van der Waals surface area contributed by atoms with Crippen LogP contribution in [0.1, 0.15) is 45.2 Å². The monoisotopic (exact) mass is 408 g/mol. The minimum Gasteiger partial charge on any atom is -0.352 e. The second-order valence-corrected chi connectivity index (χ2v) is 7.61. The molecular formula is C20H20N6O4. The average Bonchev–Trinajstić information content (AvgIpc) is 3.23. The smallest absolute Gasteiger partial charge is 0.262 e. The minimum absolute atomic E-state index is 0.0942. The van der Waals surface area contributed by atoms with Gasteiger partial charge < -0.3 is 15.2 Å². The van der Waals surface area contributed by atoms with Crippen LogP contribution in [-0.2, 0) is 16.1 Å². The Labute approximate surface area is 171 Å². The maximum Gasteiger partial charge on any atom is 0.262 e. The predicted octanol–water partition coefficient (Wildman–Crippen LogP) is 0.0407. The molecule has 2 fully saturated rings. The zero-order valence-electron chi connectivity index (χ0n) is 16.1. The number of piperidine rings is 1. The fraction of sp³-hybridized carbons (Fsp3) is 0.350. The lowest BCUT2D eigenvalue weighted by Gasteiger charge is -2.29. The second kappa shape index (κ2) is 7.06. The van der Waals surface area contributed by atoms with Crippen LogP contribution in [0.25, 0.3) is 0 Å². The van der Waals surface area contributed by atoms with Gasteiger partial charge >= 0.3 is 0 Å². The normalized spacial score (nSPS) is 21.5. The molecular weight excluding hydrogens is 388 g/mol. The molecule has 4 amide bonds. The molecule has 2 aromatic rings. The molecule has 1 aromatic heterocycles. The van der Waals surface area contributed by atoms with Crippen LogP contribution in [0.15, 0.2) is 30.6 Å². The predicted molar refractivity (Wildman–Crippen MR) is 105 cm³/mol. The maximum absolute atomic E-state index is 13.1. The standard InChI is InChI=1S/C20H20N6O4/c27-15-5-4-14(17(28)24-15)26-18(29)13-3-1-2-11(16(13)19(26)30)8-23-20-22-6-7-25(20)12-9-21-10-12/h1-3,6-7,12,14,21H,4-5,8-10H2,(H,22,23)(H,24,27,28). The number of amides is 4. The van der Waals surface area contributed by atoms with E-state index in [1.54, 1.807) is 24.4 Å². The summed E-state index contributed by atoms with van der Waals surface area (Å²) in [6.45, 7) is 2.06. The van der Waals surface area contributed by atoms with Crippen molar-refractivity contribution in [2.75, 3.05) is 18.4 Å². The molecule has 0 saturated carbocycles. The number of aromatic nitrogens is 2. The Morgan fingerprint density at radius 1 is 1.13 bits per heavy atom.